The van der Waals surface area contributed by atoms with Crippen molar-refractivity contribution in [2.45, 2.75) is 0 Å². The molecule has 0 amide bonds. The Kier molecular flexibility index (Phi) is 11.7. The summed E-state index contributed by atoms with van der Waals surface area (Å²) in [6.45, 7) is 4.06. The monoisotopic (exact) mass is 993 g/mol. The van der Waals surface area contributed by atoms with Crippen LogP contribution in [0.1, 0.15) is 0 Å². The van der Waals surface area contributed by atoms with Gasteiger partial charge in [0, 0.05) is 35.0 Å². The van der Waals surface area contributed by atoms with Crippen molar-refractivity contribution in [3.63, 3.8) is 0 Å². The van der Waals surface area contributed by atoms with Gasteiger partial charge in [-0.1, -0.05) is 164 Å². The molecule has 0 fully saturated rings. The number of anilines is 11. The van der Waals surface area contributed by atoms with Gasteiger partial charge in [-0.2, -0.15) is 15.0 Å². The zero-order chi connectivity index (χ0) is 48.7. The Labute approximate surface area is 420 Å². The van der Waals surface area contributed by atoms with Gasteiger partial charge in [0.15, 0.2) is 13.8 Å². The first-order valence-corrected chi connectivity index (χ1v) is 28.0. The molecule has 0 radical (unpaired) electrons. The summed E-state index contributed by atoms with van der Waals surface area (Å²) < 4.78 is 47.5. The molecule has 350 valence electrons. The van der Waals surface area contributed by atoms with Gasteiger partial charge < -0.3 is 0 Å². The highest BCUT2D eigenvalue weighted by Crippen LogP contribution is 2.71. The zero-order valence-electron chi connectivity index (χ0n) is 38.8. The lowest BCUT2D eigenvalue weighted by molar-refractivity contribution is 0.579. The predicted octanol–water partition coefficient (Wildman–Crippen LogP) is 14.4. The first-order valence-electron chi connectivity index (χ1n) is 23.5. The molecule has 3 aliphatic rings. The molecule has 0 saturated heterocycles. The molecule has 1 aromatic heterocycles. The molecule has 0 N–H and O–H groups in total. The fourth-order valence-electron chi connectivity index (χ4n) is 9.65. The molecule has 8 aromatic carbocycles. The van der Waals surface area contributed by atoms with Gasteiger partial charge in [0.2, 0.25) is 11.1 Å². The summed E-state index contributed by atoms with van der Waals surface area (Å²) in [4.78, 5) is 16.6. The topological polar surface area (TPSA) is 92.2 Å². The van der Waals surface area contributed by atoms with E-state index in [0.29, 0.717) is 34.0 Å². The Balaban J connectivity index is 1.20. The highest BCUT2D eigenvalue weighted by atomic mass is 31.2. The normalized spacial score (nSPS) is 16.9. The van der Waals surface area contributed by atoms with Crippen LogP contribution in [0.15, 0.2) is 261 Å². The van der Waals surface area contributed by atoms with E-state index in [1.165, 1.54) is 0 Å². The van der Waals surface area contributed by atoms with Crippen molar-refractivity contribution in [2.24, 2.45) is 0 Å². The van der Waals surface area contributed by atoms with Crippen LogP contribution in [0.3, 0.4) is 0 Å². The van der Waals surface area contributed by atoms with E-state index in [4.69, 9.17) is 15.0 Å². The molecule has 1 unspecified atom stereocenters. The molecular formula is C58H46N9O2P3. The van der Waals surface area contributed by atoms with E-state index in [2.05, 4.69) is 52.3 Å². The van der Waals surface area contributed by atoms with Crippen LogP contribution >= 0.6 is 23.1 Å². The number of nitrogens with zero attached hydrogens (tertiary/aromatic N) is 9. The summed E-state index contributed by atoms with van der Waals surface area (Å²) in [6.07, 6.45) is 9.34. The van der Waals surface area contributed by atoms with Crippen molar-refractivity contribution in [1.82, 2.24) is 15.0 Å². The SMILES string of the molecule is C=CC=CC=CCN1c2ccccc2N(c2ccccc2)P1(=O)c1nc(P2N(c3ccccc3)c3ccccc3N2c2ccccc2)nc(P2(=O)N(c3ccccc3)c3ccccc3N2c2ccccc2)n1. The molecule has 12 rings (SSSR count). The van der Waals surface area contributed by atoms with E-state index < -0.39 is 23.1 Å². The second-order valence-electron chi connectivity index (χ2n) is 16.9. The number of fused-ring (bicyclic) bond motifs is 3. The number of allylic oxidation sites excluding steroid dienone is 4. The quantitative estimate of drug-likeness (QED) is 0.0865. The molecule has 4 heterocycles. The van der Waals surface area contributed by atoms with Crippen LogP contribution in [-0.2, 0) is 9.13 Å². The lowest BCUT2D eigenvalue weighted by Crippen LogP contribution is -2.44. The molecular weight excluding hydrogens is 948 g/mol. The maximum absolute atomic E-state index is 17.8. The van der Waals surface area contributed by atoms with E-state index >= 15 is 9.13 Å². The van der Waals surface area contributed by atoms with Crippen LogP contribution in [0.2, 0.25) is 0 Å². The molecule has 0 spiro atoms. The summed E-state index contributed by atoms with van der Waals surface area (Å²) >= 11 is 0. The summed E-state index contributed by atoms with van der Waals surface area (Å²) in [6, 6.07) is 73.6. The first kappa shape index (κ1) is 44.9. The van der Waals surface area contributed by atoms with Crippen molar-refractivity contribution in [1.29, 1.82) is 0 Å². The van der Waals surface area contributed by atoms with Crippen LogP contribution in [0, 0.1) is 0 Å². The minimum Gasteiger partial charge on any atom is -0.295 e. The summed E-state index contributed by atoms with van der Waals surface area (Å²) in [5.74, 6) is 0. The van der Waals surface area contributed by atoms with Crippen LogP contribution < -0.4 is 44.7 Å². The zero-order valence-corrected chi connectivity index (χ0v) is 41.5. The van der Waals surface area contributed by atoms with Gasteiger partial charge in [0.25, 0.3) is 0 Å². The highest BCUT2D eigenvalue weighted by molar-refractivity contribution is 7.77. The Morgan fingerprint density at radius 3 is 1.17 bits per heavy atom. The third kappa shape index (κ3) is 7.36. The second-order valence-corrected chi connectivity index (χ2v) is 23.4. The van der Waals surface area contributed by atoms with Gasteiger partial charge in [-0.15, -0.1) is 0 Å². The van der Waals surface area contributed by atoms with Crippen molar-refractivity contribution in [3.8, 4) is 0 Å². The average Bonchev–Trinajstić information content (AvgIpc) is 4.03. The van der Waals surface area contributed by atoms with E-state index in [9.17, 15) is 0 Å². The molecule has 72 heavy (non-hydrogen) atoms. The third-order valence-electron chi connectivity index (χ3n) is 12.7. The van der Waals surface area contributed by atoms with E-state index in [-0.39, 0.29) is 17.7 Å². The van der Waals surface area contributed by atoms with Crippen molar-refractivity contribution < 1.29 is 9.13 Å². The summed E-state index contributed by atoms with van der Waals surface area (Å²) in [7, 11) is -10.4. The second kappa shape index (κ2) is 18.8. The van der Waals surface area contributed by atoms with Crippen LogP contribution in [-0.4, -0.2) is 21.5 Å². The number of aromatic nitrogens is 3. The molecule has 1 atom stereocenters. The number of hydrogen-bond acceptors (Lipinski definition) is 7. The number of hydrogen-bond donors (Lipinski definition) is 0. The Morgan fingerprint density at radius 2 is 0.736 bits per heavy atom. The van der Waals surface area contributed by atoms with Crippen molar-refractivity contribution in [2.75, 3.05) is 34.6 Å². The minimum atomic E-state index is -4.32. The van der Waals surface area contributed by atoms with Gasteiger partial charge in [0.1, 0.15) is 0 Å². The highest BCUT2D eigenvalue weighted by Gasteiger charge is 2.56. The van der Waals surface area contributed by atoms with Gasteiger partial charge in [0.05, 0.1) is 34.1 Å². The molecule has 14 heteroatoms. The van der Waals surface area contributed by atoms with Crippen molar-refractivity contribution >= 4 is 102 Å². The van der Waals surface area contributed by atoms with Gasteiger partial charge in [-0.05, 0) is 97.1 Å². The number of benzene rings is 8. The molecule has 11 nitrogen and oxygen atoms in total. The number of rotatable bonds is 12. The molecule has 0 aliphatic carbocycles. The van der Waals surface area contributed by atoms with Crippen LogP contribution in [0.4, 0.5) is 62.6 Å². The molecule has 0 saturated carbocycles. The maximum atomic E-state index is 17.8. The lowest BCUT2D eigenvalue weighted by Gasteiger charge is -2.35. The maximum Gasteiger partial charge on any atom is 0.338 e. The Bertz CT molecular complexity index is 3470. The molecule has 3 aliphatic heterocycles. The van der Waals surface area contributed by atoms with Gasteiger partial charge >= 0.3 is 14.9 Å². The third-order valence-corrected chi connectivity index (χ3v) is 20.3. The largest absolute Gasteiger partial charge is 0.338 e. The fourth-order valence-corrected chi connectivity index (χ4v) is 17.8. The van der Waals surface area contributed by atoms with E-state index in [1.807, 2.05) is 231 Å². The predicted molar refractivity (Wildman–Crippen MR) is 299 cm³/mol. The van der Waals surface area contributed by atoms with Gasteiger partial charge in [-0.25, -0.2) is 0 Å². The fraction of sp³-hybridized carbons (Fsp3) is 0.0172. The Morgan fingerprint density at radius 1 is 0.389 bits per heavy atom. The summed E-state index contributed by atoms with van der Waals surface area (Å²) in [5.41, 5.74) is 8.86. The van der Waals surface area contributed by atoms with Crippen molar-refractivity contribution in [3.05, 3.63) is 261 Å². The van der Waals surface area contributed by atoms with E-state index in [0.717, 1.165) is 34.1 Å². The van der Waals surface area contributed by atoms with Crippen LogP contribution in [0.5, 0.6) is 0 Å². The van der Waals surface area contributed by atoms with Crippen LogP contribution in [0.25, 0.3) is 0 Å². The van der Waals surface area contributed by atoms with E-state index in [1.54, 1.807) is 6.08 Å². The smallest absolute Gasteiger partial charge is 0.295 e. The standard InChI is InChI=1S/C58H46N9O2P3/c1-2-3-4-5-27-44-62-50-38-21-24-41-53(50)65(47-32-15-8-16-33-47)71(62,68)57-59-56(70-63(45-28-11-6-12-29-45)51-39-22-23-40-52(51)64(70)46-30-13-7-14-31-46)60-58(61-57)72(69)66(48-34-17-9-18-35-48)54-42-25-26-43-55(54)67(72)49-36-19-10-20-37-49/h2-43H,1,44H2. The number of para-hydroxylation sites is 11. The lowest BCUT2D eigenvalue weighted by atomic mass is 10.2. The average molecular weight is 994 g/mol. The Hall–Kier alpha value is -8.32. The molecule has 0 bridgehead atoms. The first-order chi connectivity index (χ1) is 35.5. The summed E-state index contributed by atoms with van der Waals surface area (Å²) in [5, 5.41) is 0. The minimum absolute atomic E-state index is 0.00993. The molecule has 9 aromatic rings. The van der Waals surface area contributed by atoms with Gasteiger partial charge in [-0.3, -0.25) is 37.2 Å².